The van der Waals surface area contributed by atoms with E-state index < -0.39 is 23.5 Å². The highest BCUT2D eigenvalue weighted by Crippen LogP contribution is 2.48. The minimum absolute atomic E-state index is 0.0104. The normalized spacial score (nSPS) is 21.6. The first-order chi connectivity index (χ1) is 12.9. The second-order valence-corrected chi connectivity index (χ2v) is 6.68. The molecule has 2 aromatic carbocycles. The van der Waals surface area contributed by atoms with Gasteiger partial charge in [0.05, 0.1) is 24.3 Å². The van der Waals surface area contributed by atoms with Crippen LogP contribution in [0, 0.1) is 13.8 Å². The Morgan fingerprint density at radius 2 is 2.00 bits per heavy atom. The van der Waals surface area contributed by atoms with Crippen LogP contribution in [0.1, 0.15) is 33.2 Å². The summed E-state index contributed by atoms with van der Waals surface area (Å²) >= 11 is 0. The molecule has 27 heavy (non-hydrogen) atoms. The number of halogens is 1. The van der Waals surface area contributed by atoms with Gasteiger partial charge in [0.25, 0.3) is 0 Å². The number of carbonyl (C=O) groups is 2. The zero-order valence-corrected chi connectivity index (χ0v) is 15.0. The van der Waals surface area contributed by atoms with E-state index >= 15 is 4.39 Å². The lowest BCUT2D eigenvalue weighted by molar-refractivity contribution is -0.157. The van der Waals surface area contributed by atoms with Gasteiger partial charge in [0.1, 0.15) is 11.3 Å². The summed E-state index contributed by atoms with van der Waals surface area (Å²) < 4.78 is 32.0. The van der Waals surface area contributed by atoms with E-state index in [1.165, 1.54) is 12.3 Å². The number of hydrogen-bond acceptors (Lipinski definition) is 5. The van der Waals surface area contributed by atoms with Crippen molar-refractivity contribution < 1.29 is 27.9 Å². The first kappa shape index (κ1) is 17.3. The van der Waals surface area contributed by atoms with Crippen LogP contribution in [0.15, 0.2) is 47.1 Å². The van der Waals surface area contributed by atoms with E-state index in [0.717, 1.165) is 18.2 Å². The van der Waals surface area contributed by atoms with E-state index in [1.807, 2.05) is 13.0 Å². The number of ether oxygens (including phenoxy) is 2. The fourth-order valence-electron chi connectivity index (χ4n) is 3.54. The smallest absolute Gasteiger partial charge is 0.356 e. The molecular weight excluding hydrogens is 351 g/mol. The standard InChI is InChI=1S/C21H17FO5/c1-11-5-4-6-13(9-11)19-21(22,20(24)25-3)18(23)14-7-8-15-16(17(14)27-19)12(2)10-26-15/h4-10,19H,1-3H3. The Hall–Kier alpha value is -3.15. The highest BCUT2D eigenvalue weighted by atomic mass is 19.1. The van der Waals surface area contributed by atoms with E-state index in [9.17, 15) is 9.59 Å². The fourth-order valence-corrected chi connectivity index (χ4v) is 3.54. The minimum Gasteiger partial charge on any atom is -0.480 e. The lowest BCUT2D eigenvalue weighted by Gasteiger charge is -2.36. The summed E-state index contributed by atoms with van der Waals surface area (Å²) in [6, 6.07) is 9.83. The highest BCUT2D eigenvalue weighted by molar-refractivity contribution is 6.20. The maximum absolute atomic E-state index is 16.0. The van der Waals surface area contributed by atoms with Crippen molar-refractivity contribution in [3.63, 3.8) is 0 Å². The second kappa shape index (κ2) is 5.94. The molecule has 138 valence electrons. The summed E-state index contributed by atoms with van der Waals surface area (Å²) in [6.07, 6.45) is 0.0719. The van der Waals surface area contributed by atoms with E-state index in [4.69, 9.17) is 9.15 Å². The topological polar surface area (TPSA) is 65.7 Å². The molecule has 1 aromatic heterocycles. The van der Waals surface area contributed by atoms with Crippen LogP contribution in [0.2, 0.25) is 0 Å². The number of carbonyl (C=O) groups excluding carboxylic acids is 2. The van der Waals surface area contributed by atoms with Gasteiger partial charge in [-0.3, -0.25) is 4.79 Å². The predicted octanol–water partition coefficient (Wildman–Crippen LogP) is 4.25. The van der Waals surface area contributed by atoms with E-state index in [1.54, 1.807) is 31.2 Å². The minimum atomic E-state index is -2.99. The molecule has 5 nitrogen and oxygen atoms in total. The molecule has 2 atom stereocenters. The quantitative estimate of drug-likeness (QED) is 0.500. The molecule has 0 radical (unpaired) electrons. The Morgan fingerprint density at radius 1 is 1.22 bits per heavy atom. The van der Waals surface area contributed by atoms with Crippen molar-refractivity contribution in [3.8, 4) is 5.75 Å². The molecule has 0 bridgehead atoms. The molecular formula is C21H17FO5. The molecule has 0 N–H and O–H groups in total. The monoisotopic (exact) mass is 368 g/mol. The Bertz CT molecular complexity index is 1080. The zero-order valence-electron chi connectivity index (χ0n) is 15.0. The SMILES string of the molecule is COC(=O)C1(F)C(=O)c2ccc3occ(C)c3c2OC1c1cccc(C)c1. The Morgan fingerprint density at radius 3 is 2.70 bits per heavy atom. The van der Waals surface area contributed by atoms with Crippen LogP contribution < -0.4 is 4.74 Å². The number of Topliss-reactive ketones (excluding diaryl/α,β-unsaturated/α-hetero) is 1. The van der Waals surface area contributed by atoms with Crippen molar-refractivity contribution in [1.82, 2.24) is 0 Å². The van der Waals surface area contributed by atoms with Gasteiger partial charge in [-0.05, 0) is 37.1 Å². The van der Waals surface area contributed by atoms with Crippen LogP contribution in [0.4, 0.5) is 4.39 Å². The van der Waals surface area contributed by atoms with E-state index in [0.29, 0.717) is 16.5 Å². The van der Waals surface area contributed by atoms with Gasteiger partial charge in [-0.1, -0.05) is 29.8 Å². The number of methoxy groups -OCH3 is 1. The van der Waals surface area contributed by atoms with Gasteiger partial charge in [0.2, 0.25) is 5.78 Å². The summed E-state index contributed by atoms with van der Waals surface area (Å²) in [5, 5.41) is 0.588. The molecule has 6 heteroatoms. The van der Waals surface area contributed by atoms with E-state index in [2.05, 4.69) is 4.74 Å². The lowest BCUT2D eigenvalue weighted by atomic mass is 9.82. The van der Waals surface area contributed by atoms with Gasteiger partial charge in [-0.25, -0.2) is 9.18 Å². The molecule has 3 aromatic rings. The lowest BCUT2D eigenvalue weighted by Crippen LogP contribution is -2.52. The van der Waals surface area contributed by atoms with Crippen molar-refractivity contribution in [2.75, 3.05) is 7.11 Å². The zero-order chi connectivity index (χ0) is 19.3. The third kappa shape index (κ3) is 2.36. The molecule has 0 saturated carbocycles. The Labute approximate surface area is 154 Å². The van der Waals surface area contributed by atoms with Crippen LogP contribution in [0.25, 0.3) is 11.0 Å². The number of ketones is 1. The van der Waals surface area contributed by atoms with Gasteiger partial charge in [0.15, 0.2) is 6.10 Å². The number of aryl methyl sites for hydroxylation is 2. The van der Waals surface area contributed by atoms with Crippen LogP contribution in [0.3, 0.4) is 0 Å². The van der Waals surface area contributed by atoms with Gasteiger partial charge in [-0.15, -0.1) is 0 Å². The molecule has 1 aliphatic rings. The van der Waals surface area contributed by atoms with Crippen molar-refractivity contribution in [1.29, 1.82) is 0 Å². The molecule has 0 aliphatic carbocycles. The number of benzene rings is 2. The number of alkyl halides is 1. The van der Waals surface area contributed by atoms with Crippen molar-refractivity contribution in [3.05, 3.63) is 64.9 Å². The molecule has 0 amide bonds. The number of esters is 1. The van der Waals surface area contributed by atoms with Gasteiger partial charge < -0.3 is 13.9 Å². The van der Waals surface area contributed by atoms with Crippen molar-refractivity contribution in [2.45, 2.75) is 25.6 Å². The Kier molecular flexibility index (Phi) is 3.80. The number of fused-ring (bicyclic) bond motifs is 3. The highest BCUT2D eigenvalue weighted by Gasteiger charge is 2.60. The van der Waals surface area contributed by atoms with Gasteiger partial charge >= 0.3 is 11.6 Å². The van der Waals surface area contributed by atoms with Crippen LogP contribution >= 0.6 is 0 Å². The average molecular weight is 368 g/mol. The van der Waals surface area contributed by atoms with E-state index in [-0.39, 0.29) is 11.3 Å². The fraction of sp³-hybridized carbons (Fsp3) is 0.238. The first-order valence-electron chi connectivity index (χ1n) is 8.44. The summed E-state index contributed by atoms with van der Waals surface area (Å²) in [5.74, 6) is -2.05. The maximum atomic E-state index is 16.0. The number of hydrogen-bond donors (Lipinski definition) is 0. The van der Waals surface area contributed by atoms with Crippen LogP contribution in [-0.4, -0.2) is 24.5 Å². The summed E-state index contributed by atoms with van der Waals surface area (Å²) in [7, 11) is 1.04. The summed E-state index contributed by atoms with van der Waals surface area (Å²) in [5.41, 5.74) is -0.502. The molecule has 0 spiro atoms. The molecule has 0 fully saturated rings. The number of rotatable bonds is 2. The maximum Gasteiger partial charge on any atom is 0.356 e. The molecule has 2 heterocycles. The summed E-state index contributed by atoms with van der Waals surface area (Å²) in [4.78, 5) is 25.4. The van der Waals surface area contributed by atoms with Gasteiger partial charge in [0, 0.05) is 0 Å². The average Bonchev–Trinajstić information content (AvgIpc) is 3.05. The third-order valence-electron chi connectivity index (χ3n) is 4.88. The molecule has 4 rings (SSSR count). The first-order valence-corrected chi connectivity index (χ1v) is 8.44. The number of furan rings is 1. The van der Waals surface area contributed by atoms with Crippen molar-refractivity contribution in [2.24, 2.45) is 0 Å². The largest absolute Gasteiger partial charge is 0.480 e. The Balaban J connectivity index is 2.00. The third-order valence-corrected chi connectivity index (χ3v) is 4.88. The van der Waals surface area contributed by atoms with Crippen LogP contribution in [0.5, 0.6) is 5.75 Å². The predicted molar refractivity (Wildman–Crippen MR) is 95.7 cm³/mol. The second-order valence-electron chi connectivity index (χ2n) is 6.68. The molecule has 0 saturated heterocycles. The van der Waals surface area contributed by atoms with Gasteiger partial charge in [-0.2, -0.15) is 0 Å². The summed E-state index contributed by atoms with van der Waals surface area (Å²) in [6.45, 7) is 3.64. The molecule has 2 unspecified atom stereocenters. The van der Waals surface area contributed by atoms with Crippen molar-refractivity contribution >= 4 is 22.7 Å². The van der Waals surface area contributed by atoms with Crippen LogP contribution in [-0.2, 0) is 9.53 Å². The molecule has 1 aliphatic heterocycles.